The number of hydrogen-bond acceptors (Lipinski definition) is 5. The lowest BCUT2D eigenvalue weighted by atomic mass is 10.2. The minimum atomic E-state index is 0.0693. The summed E-state index contributed by atoms with van der Waals surface area (Å²) in [6, 6.07) is 9.47. The second-order valence-corrected chi connectivity index (χ2v) is 6.99. The number of methoxy groups -OCH3 is 2. The number of halogens is 1. The van der Waals surface area contributed by atoms with Crippen LogP contribution in [0.25, 0.3) is 0 Å². The van der Waals surface area contributed by atoms with E-state index in [4.69, 9.17) is 9.47 Å². The van der Waals surface area contributed by atoms with Gasteiger partial charge >= 0.3 is 0 Å². The summed E-state index contributed by atoms with van der Waals surface area (Å²) in [4.78, 5) is 18.6. The third kappa shape index (κ3) is 5.37. The van der Waals surface area contributed by atoms with Crippen molar-refractivity contribution in [1.82, 2.24) is 9.88 Å². The summed E-state index contributed by atoms with van der Waals surface area (Å²) >= 11 is 4.88. The number of carbonyl (C=O) groups is 1. The smallest absolute Gasteiger partial charge is 0.233 e. The molecule has 1 heterocycles. The Hall–Kier alpha value is -1.73. The Kier molecular flexibility index (Phi) is 7.58. The Bertz CT molecular complexity index is 727. The monoisotopic (exact) mass is 424 g/mol. The lowest BCUT2D eigenvalue weighted by Gasteiger charge is -2.21. The molecular weight excluding hydrogens is 404 g/mol. The molecule has 0 saturated heterocycles. The molecule has 0 aliphatic heterocycles. The van der Waals surface area contributed by atoms with Crippen molar-refractivity contribution in [3.8, 4) is 11.5 Å². The lowest BCUT2D eigenvalue weighted by Crippen LogP contribution is -2.31. The van der Waals surface area contributed by atoms with E-state index in [9.17, 15) is 4.79 Å². The molecule has 2 rings (SSSR count). The van der Waals surface area contributed by atoms with E-state index in [1.165, 1.54) is 11.8 Å². The molecule has 0 spiro atoms. The third-order valence-electron chi connectivity index (χ3n) is 3.61. The zero-order valence-electron chi connectivity index (χ0n) is 14.5. The van der Waals surface area contributed by atoms with Crippen molar-refractivity contribution in [1.29, 1.82) is 0 Å². The predicted octanol–water partition coefficient (Wildman–Crippen LogP) is 4.00. The van der Waals surface area contributed by atoms with Gasteiger partial charge in [0.05, 0.1) is 20.0 Å². The minimum Gasteiger partial charge on any atom is -0.493 e. The average molecular weight is 425 g/mol. The molecule has 2 aromatic rings. The summed E-state index contributed by atoms with van der Waals surface area (Å²) in [6.07, 6.45) is 1.72. The lowest BCUT2D eigenvalue weighted by molar-refractivity contribution is -0.128. The molecule has 25 heavy (non-hydrogen) atoms. The number of nitrogens with zero attached hydrogens (tertiary/aromatic N) is 2. The van der Waals surface area contributed by atoms with Gasteiger partial charge in [0.15, 0.2) is 11.5 Å². The number of hydrogen-bond donors (Lipinski definition) is 0. The van der Waals surface area contributed by atoms with Gasteiger partial charge < -0.3 is 14.4 Å². The van der Waals surface area contributed by atoms with E-state index in [0.29, 0.717) is 30.3 Å². The number of ether oxygens (including phenoxy) is 2. The highest BCUT2D eigenvalue weighted by molar-refractivity contribution is 9.10. The number of pyridine rings is 1. The molecule has 5 nitrogen and oxygen atoms in total. The van der Waals surface area contributed by atoms with Crippen LogP contribution in [0.1, 0.15) is 12.5 Å². The molecule has 0 aliphatic rings. The molecule has 0 radical (unpaired) electrons. The van der Waals surface area contributed by atoms with Gasteiger partial charge in [-0.1, -0.05) is 17.8 Å². The van der Waals surface area contributed by atoms with Gasteiger partial charge in [0, 0.05) is 23.8 Å². The standard InChI is InChI=1S/C18H21BrN2O3S/c1-4-21(11-13-7-8-15(23-2)16(10-13)24-3)17(22)12-25-18-14(19)6-5-9-20-18/h5-10H,4,11-12H2,1-3H3. The van der Waals surface area contributed by atoms with Crippen molar-refractivity contribution in [3.05, 3.63) is 46.6 Å². The fourth-order valence-electron chi connectivity index (χ4n) is 2.27. The fraction of sp³-hybridized carbons (Fsp3) is 0.333. The SMILES string of the molecule is CCN(Cc1ccc(OC)c(OC)c1)C(=O)CSc1ncccc1Br. The summed E-state index contributed by atoms with van der Waals surface area (Å²) in [6.45, 7) is 3.14. The molecule has 0 unspecified atom stereocenters. The van der Waals surface area contributed by atoms with Crippen molar-refractivity contribution in [2.24, 2.45) is 0 Å². The number of thioether (sulfide) groups is 1. The first kappa shape index (κ1) is 19.6. The molecule has 0 saturated carbocycles. The van der Waals surface area contributed by atoms with Crippen molar-refractivity contribution < 1.29 is 14.3 Å². The van der Waals surface area contributed by atoms with Crippen molar-refractivity contribution in [3.63, 3.8) is 0 Å². The molecule has 1 aromatic heterocycles. The highest BCUT2D eigenvalue weighted by Crippen LogP contribution is 2.28. The number of carbonyl (C=O) groups excluding carboxylic acids is 1. The summed E-state index contributed by atoms with van der Waals surface area (Å²) in [5.74, 6) is 1.75. The second kappa shape index (κ2) is 9.68. The van der Waals surface area contributed by atoms with Gasteiger partial charge in [0.1, 0.15) is 5.03 Å². The van der Waals surface area contributed by atoms with Crippen LogP contribution in [-0.2, 0) is 11.3 Å². The van der Waals surface area contributed by atoms with Crippen LogP contribution in [0.5, 0.6) is 11.5 Å². The van der Waals surface area contributed by atoms with Crippen LogP contribution < -0.4 is 9.47 Å². The maximum absolute atomic E-state index is 12.5. The van der Waals surface area contributed by atoms with Gasteiger partial charge in [0.2, 0.25) is 5.91 Å². The first-order chi connectivity index (χ1) is 12.1. The number of amides is 1. The molecular formula is C18H21BrN2O3S. The van der Waals surface area contributed by atoms with Crippen LogP contribution >= 0.6 is 27.7 Å². The normalized spacial score (nSPS) is 10.4. The van der Waals surface area contributed by atoms with Crippen LogP contribution in [0.2, 0.25) is 0 Å². The van der Waals surface area contributed by atoms with Crippen molar-refractivity contribution in [2.45, 2.75) is 18.5 Å². The van der Waals surface area contributed by atoms with E-state index in [0.717, 1.165) is 15.1 Å². The van der Waals surface area contributed by atoms with Crippen LogP contribution in [0.4, 0.5) is 0 Å². The molecule has 134 valence electrons. The van der Waals surface area contributed by atoms with Gasteiger partial charge in [-0.05, 0) is 52.7 Å². The second-order valence-electron chi connectivity index (χ2n) is 5.18. The molecule has 0 atom stereocenters. The number of aromatic nitrogens is 1. The summed E-state index contributed by atoms with van der Waals surface area (Å²) < 4.78 is 11.5. The Labute approximate surface area is 160 Å². The third-order valence-corrected chi connectivity index (χ3v) is 5.51. The van der Waals surface area contributed by atoms with Crippen LogP contribution in [0.15, 0.2) is 46.0 Å². The summed E-state index contributed by atoms with van der Waals surface area (Å²) in [5, 5.41) is 0.818. The van der Waals surface area contributed by atoms with Gasteiger partial charge in [-0.2, -0.15) is 0 Å². The largest absolute Gasteiger partial charge is 0.493 e. The van der Waals surface area contributed by atoms with Crippen LogP contribution in [0.3, 0.4) is 0 Å². The van der Waals surface area contributed by atoms with E-state index < -0.39 is 0 Å². The molecule has 1 amide bonds. The molecule has 0 fully saturated rings. The van der Waals surface area contributed by atoms with Gasteiger partial charge in [-0.3, -0.25) is 4.79 Å². The Morgan fingerprint density at radius 1 is 1.24 bits per heavy atom. The zero-order chi connectivity index (χ0) is 18.2. The minimum absolute atomic E-state index is 0.0693. The highest BCUT2D eigenvalue weighted by Gasteiger charge is 2.15. The maximum atomic E-state index is 12.5. The molecule has 0 aliphatic carbocycles. The Morgan fingerprint density at radius 3 is 2.64 bits per heavy atom. The van der Waals surface area contributed by atoms with E-state index in [2.05, 4.69) is 20.9 Å². The first-order valence-corrected chi connectivity index (χ1v) is 9.58. The van der Waals surface area contributed by atoms with E-state index in [-0.39, 0.29) is 5.91 Å². The van der Waals surface area contributed by atoms with E-state index in [1.54, 1.807) is 20.4 Å². The van der Waals surface area contributed by atoms with Crippen molar-refractivity contribution in [2.75, 3.05) is 26.5 Å². The van der Waals surface area contributed by atoms with Gasteiger partial charge in [-0.15, -0.1) is 0 Å². The molecule has 7 heteroatoms. The van der Waals surface area contributed by atoms with Crippen LogP contribution in [0, 0.1) is 0 Å². The molecule has 0 bridgehead atoms. The number of rotatable bonds is 8. The summed E-state index contributed by atoms with van der Waals surface area (Å²) in [5.41, 5.74) is 0.997. The average Bonchev–Trinajstić information content (AvgIpc) is 2.64. The topological polar surface area (TPSA) is 51.7 Å². The van der Waals surface area contributed by atoms with E-state index in [1.807, 2.05) is 42.2 Å². The Morgan fingerprint density at radius 2 is 2.00 bits per heavy atom. The molecule has 1 aromatic carbocycles. The van der Waals surface area contributed by atoms with Crippen LogP contribution in [-0.4, -0.2) is 42.3 Å². The fourth-order valence-corrected chi connectivity index (χ4v) is 3.66. The van der Waals surface area contributed by atoms with E-state index >= 15 is 0 Å². The zero-order valence-corrected chi connectivity index (χ0v) is 16.9. The highest BCUT2D eigenvalue weighted by atomic mass is 79.9. The predicted molar refractivity (Wildman–Crippen MR) is 103 cm³/mol. The van der Waals surface area contributed by atoms with Gasteiger partial charge in [-0.25, -0.2) is 4.98 Å². The van der Waals surface area contributed by atoms with Crippen molar-refractivity contribution >= 4 is 33.6 Å². The Balaban J connectivity index is 2.01. The first-order valence-electron chi connectivity index (χ1n) is 7.81. The number of benzene rings is 1. The van der Waals surface area contributed by atoms with Gasteiger partial charge in [0.25, 0.3) is 0 Å². The molecule has 0 N–H and O–H groups in total. The summed E-state index contributed by atoms with van der Waals surface area (Å²) in [7, 11) is 3.21. The maximum Gasteiger partial charge on any atom is 0.233 e. The quantitative estimate of drug-likeness (QED) is 0.599.